The van der Waals surface area contributed by atoms with Crippen LogP contribution in [-0.4, -0.2) is 51.5 Å². The van der Waals surface area contributed by atoms with E-state index in [1.54, 1.807) is 18.7 Å². The Balaban J connectivity index is 2.03. The van der Waals surface area contributed by atoms with Crippen molar-refractivity contribution in [1.82, 2.24) is 14.9 Å². The molecule has 1 aliphatic rings. The van der Waals surface area contributed by atoms with E-state index in [1.165, 1.54) is 6.92 Å². The number of aromatic nitrogens is 2. The topological polar surface area (TPSA) is 81.6 Å². The van der Waals surface area contributed by atoms with E-state index in [9.17, 15) is 9.59 Å². The van der Waals surface area contributed by atoms with Gasteiger partial charge in [0.2, 0.25) is 0 Å². The van der Waals surface area contributed by atoms with Gasteiger partial charge in [-0.3, -0.25) is 9.59 Å². The number of rotatable bonds is 4. The van der Waals surface area contributed by atoms with Gasteiger partial charge in [0, 0.05) is 24.9 Å². The van der Waals surface area contributed by atoms with E-state index in [0.29, 0.717) is 19.1 Å². The Morgan fingerprint density at radius 2 is 1.88 bits per heavy atom. The van der Waals surface area contributed by atoms with Crippen molar-refractivity contribution >= 4 is 11.9 Å². The standard InChI is InChI=1S/C17H25N3O4/c1-11-9-12(2)19-16(18-11)23-14-7-6-8-20(10-14)15(22)17(4,5)24-13(3)21/h9,14H,6-8,10H2,1-5H3/t14-/m1/s1. The molecule has 0 N–H and O–H groups in total. The second-order valence-electron chi connectivity index (χ2n) is 6.67. The number of likely N-dealkylation sites (tertiary alicyclic amines) is 1. The first kappa shape index (κ1) is 18.2. The van der Waals surface area contributed by atoms with Gasteiger partial charge in [0.15, 0.2) is 5.60 Å². The lowest BCUT2D eigenvalue weighted by molar-refractivity contribution is -0.169. The van der Waals surface area contributed by atoms with Crippen molar-refractivity contribution in [2.75, 3.05) is 13.1 Å². The first-order chi connectivity index (χ1) is 11.2. The number of carbonyl (C=O) groups excluding carboxylic acids is 2. The fourth-order valence-electron chi connectivity index (χ4n) is 2.90. The summed E-state index contributed by atoms with van der Waals surface area (Å²) in [6.45, 7) is 9.34. The summed E-state index contributed by atoms with van der Waals surface area (Å²) in [7, 11) is 0. The molecule has 1 aliphatic heterocycles. The van der Waals surface area contributed by atoms with Crippen LogP contribution in [0.3, 0.4) is 0 Å². The van der Waals surface area contributed by atoms with Crippen LogP contribution in [-0.2, 0) is 14.3 Å². The molecule has 0 saturated carbocycles. The van der Waals surface area contributed by atoms with Crippen LogP contribution in [0.15, 0.2) is 6.07 Å². The van der Waals surface area contributed by atoms with Gasteiger partial charge in [-0.15, -0.1) is 0 Å². The summed E-state index contributed by atoms with van der Waals surface area (Å²) in [6, 6.07) is 2.22. The summed E-state index contributed by atoms with van der Waals surface area (Å²) in [5.41, 5.74) is 0.513. The molecule has 7 heteroatoms. The zero-order chi connectivity index (χ0) is 17.9. The SMILES string of the molecule is CC(=O)OC(C)(C)C(=O)N1CCC[C@@H](Oc2nc(C)cc(C)n2)C1. The summed E-state index contributed by atoms with van der Waals surface area (Å²) in [5.74, 6) is -0.686. The van der Waals surface area contributed by atoms with Gasteiger partial charge in [-0.1, -0.05) is 0 Å². The van der Waals surface area contributed by atoms with E-state index in [-0.39, 0.29) is 12.0 Å². The first-order valence-electron chi connectivity index (χ1n) is 8.15. The molecule has 1 aromatic rings. The van der Waals surface area contributed by atoms with Crippen LogP contribution in [0.1, 0.15) is 45.0 Å². The van der Waals surface area contributed by atoms with Crippen molar-refractivity contribution in [2.24, 2.45) is 0 Å². The third-order valence-electron chi connectivity index (χ3n) is 3.81. The Hall–Kier alpha value is -2.18. The van der Waals surface area contributed by atoms with Crippen LogP contribution in [0.25, 0.3) is 0 Å². The largest absolute Gasteiger partial charge is 0.458 e. The number of carbonyl (C=O) groups is 2. The monoisotopic (exact) mass is 335 g/mol. The van der Waals surface area contributed by atoms with Gasteiger partial charge in [-0.25, -0.2) is 9.97 Å². The van der Waals surface area contributed by atoms with E-state index in [4.69, 9.17) is 9.47 Å². The van der Waals surface area contributed by atoms with Gasteiger partial charge in [0.25, 0.3) is 5.91 Å². The molecule has 132 valence electrons. The van der Waals surface area contributed by atoms with Crippen LogP contribution in [0.5, 0.6) is 6.01 Å². The van der Waals surface area contributed by atoms with Crippen molar-refractivity contribution in [1.29, 1.82) is 0 Å². The van der Waals surface area contributed by atoms with Crippen molar-refractivity contribution < 1.29 is 19.1 Å². The third kappa shape index (κ3) is 4.66. The quantitative estimate of drug-likeness (QED) is 0.781. The molecule has 0 radical (unpaired) electrons. The average Bonchev–Trinajstić information content (AvgIpc) is 2.44. The summed E-state index contributed by atoms with van der Waals surface area (Å²) in [5, 5.41) is 0. The minimum absolute atomic E-state index is 0.169. The average molecular weight is 335 g/mol. The lowest BCUT2D eigenvalue weighted by Crippen LogP contribution is -2.53. The molecule has 0 unspecified atom stereocenters. The molecule has 0 aromatic carbocycles. The molecular weight excluding hydrogens is 310 g/mol. The first-order valence-corrected chi connectivity index (χ1v) is 8.15. The molecule has 0 aliphatic carbocycles. The molecule has 2 heterocycles. The summed E-state index contributed by atoms with van der Waals surface area (Å²) >= 11 is 0. The number of amides is 1. The lowest BCUT2D eigenvalue weighted by Gasteiger charge is -2.36. The molecule has 0 bridgehead atoms. The predicted octanol–water partition coefficient (Wildman–Crippen LogP) is 1.80. The van der Waals surface area contributed by atoms with Crippen molar-refractivity contribution in [3.63, 3.8) is 0 Å². The Kier molecular flexibility index (Phi) is 5.41. The Morgan fingerprint density at radius 1 is 1.25 bits per heavy atom. The van der Waals surface area contributed by atoms with Crippen LogP contribution >= 0.6 is 0 Å². The number of esters is 1. The predicted molar refractivity (Wildman–Crippen MR) is 87.6 cm³/mol. The van der Waals surface area contributed by atoms with Gasteiger partial charge in [0.05, 0.1) is 6.54 Å². The number of nitrogens with zero attached hydrogens (tertiary/aromatic N) is 3. The molecule has 1 fully saturated rings. The fourth-order valence-corrected chi connectivity index (χ4v) is 2.90. The maximum atomic E-state index is 12.6. The molecule has 2 rings (SSSR count). The summed E-state index contributed by atoms with van der Waals surface area (Å²) in [6.07, 6.45) is 1.47. The van der Waals surface area contributed by atoms with Gasteiger partial charge in [-0.2, -0.15) is 0 Å². The van der Waals surface area contributed by atoms with Crippen LogP contribution < -0.4 is 4.74 Å². The van der Waals surface area contributed by atoms with Crippen LogP contribution in [0.4, 0.5) is 0 Å². The van der Waals surface area contributed by atoms with E-state index < -0.39 is 11.6 Å². The van der Waals surface area contributed by atoms with Gasteiger partial charge >= 0.3 is 12.0 Å². The molecule has 1 atom stereocenters. The number of aryl methyl sites for hydroxylation is 2. The zero-order valence-electron chi connectivity index (χ0n) is 15.0. The zero-order valence-corrected chi connectivity index (χ0v) is 15.0. The van der Waals surface area contributed by atoms with E-state index in [0.717, 1.165) is 24.2 Å². The van der Waals surface area contributed by atoms with E-state index >= 15 is 0 Å². The molecule has 1 aromatic heterocycles. The van der Waals surface area contributed by atoms with Gasteiger partial charge < -0.3 is 14.4 Å². The maximum absolute atomic E-state index is 12.6. The summed E-state index contributed by atoms with van der Waals surface area (Å²) < 4.78 is 11.0. The fraction of sp³-hybridized carbons (Fsp3) is 0.647. The third-order valence-corrected chi connectivity index (χ3v) is 3.81. The number of piperidine rings is 1. The van der Waals surface area contributed by atoms with Gasteiger partial charge in [0.1, 0.15) is 6.10 Å². The highest BCUT2D eigenvalue weighted by Crippen LogP contribution is 2.21. The van der Waals surface area contributed by atoms with Crippen molar-refractivity contribution in [3.05, 3.63) is 17.5 Å². The smallest absolute Gasteiger partial charge is 0.317 e. The minimum Gasteiger partial charge on any atom is -0.458 e. The van der Waals surface area contributed by atoms with E-state index in [1.807, 2.05) is 19.9 Å². The second-order valence-corrected chi connectivity index (χ2v) is 6.67. The maximum Gasteiger partial charge on any atom is 0.317 e. The molecule has 1 amide bonds. The Morgan fingerprint density at radius 3 is 2.46 bits per heavy atom. The number of hydrogen-bond donors (Lipinski definition) is 0. The Labute approximate surface area is 142 Å². The van der Waals surface area contributed by atoms with Crippen molar-refractivity contribution in [2.45, 2.75) is 59.2 Å². The highest BCUT2D eigenvalue weighted by molar-refractivity contribution is 5.86. The highest BCUT2D eigenvalue weighted by atomic mass is 16.6. The molecular formula is C17H25N3O4. The molecule has 7 nitrogen and oxygen atoms in total. The summed E-state index contributed by atoms with van der Waals surface area (Å²) in [4.78, 5) is 34.0. The molecule has 0 spiro atoms. The Bertz CT molecular complexity index is 610. The second kappa shape index (κ2) is 7.15. The van der Waals surface area contributed by atoms with E-state index in [2.05, 4.69) is 9.97 Å². The van der Waals surface area contributed by atoms with Crippen LogP contribution in [0.2, 0.25) is 0 Å². The number of hydrogen-bond acceptors (Lipinski definition) is 6. The lowest BCUT2D eigenvalue weighted by atomic mass is 10.0. The highest BCUT2D eigenvalue weighted by Gasteiger charge is 2.37. The van der Waals surface area contributed by atoms with Crippen molar-refractivity contribution in [3.8, 4) is 6.01 Å². The van der Waals surface area contributed by atoms with Gasteiger partial charge in [-0.05, 0) is 46.6 Å². The molecule has 1 saturated heterocycles. The minimum atomic E-state index is -1.18. The molecule has 24 heavy (non-hydrogen) atoms. The number of ether oxygens (including phenoxy) is 2. The van der Waals surface area contributed by atoms with Crippen LogP contribution in [0, 0.1) is 13.8 Å². The normalized spacial score (nSPS) is 18.2.